The highest BCUT2D eigenvalue weighted by atomic mass is 35.5. The van der Waals surface area contributed by atoms with Crippen molar-refractivity contribution in [1.29, 1.82) is 0 Å². The number of halogens is 1. The summed E-state index contributed by atoms with van der Waals surface area (Å²) < 4.78 is 2.02. The number of fused-ring (bicyclic) bond motifs is 1. The number of likely N-dealkylation sites (tertiary alicyclic amines) is 1. The van der Waals surface area contributed by atoms with Gasteiger partial charge >= 0.3 is 0 Å². The molecule has 4 nitrogen and oxygen atoms in total. The summed E-state index contributed by atoms with van der Waals surface area (Å²) in [5.41, 5.74) is 2.14. The summed E-state index contributed by atoms with van der Waals surface area (Å²) in [6.45, 7) is 4.05. The van der Waals surface area contributed by atoms with Crippen LogP contribution in [0.2, 0.25) is 0 Å². The number of aryl methyl sites for hydroxylation is 1. The lowest BCUT2D eigenvalue weighted by molar-refractivity contribution is -0.127. The lowest BCUT2D eigenvalue weighted by Gasteiger charge is -2.12. The second-order valence-electron chi connectivity index (χ2n) is 5.19. The summed E-state index contributed by atoms with van der Waals surface area (Å²) in [7, 11) is 1.98. The Bertz CT molecular complexity index is 609. The maximum Gasteiger partial charge on any atom is 0.222 e. The van der Waals surface area contributed by atoms with Crippen LogP contribution in [0.1, 0.15) is 32.0 Å². The third kappa shape index (κ3) is 3.76. The first-order valence-electron chi connectivity index (χ1n) is 7.41. The maximum absolute atomic E-state index is 10.9. The molecule has 1 saturated heterocycles. The van der Waals surface area contributed by atoms with E-state index in [1.165, 1.54) is 0 Å². The van der Waals surface area contributed by atoms with E-state index in [1.54, 1.807) is 0 Å². The molecule has 0 unspecified atom stereocenters. The molecule has 0 bridgehead atoms. The number of nitrogens with zero attached hydrogens (tertiary/aromatic N) is 3. The minimum atomic E-state index is 0.344. The summed E-state index contributed by atoms with van der Waals surface area (Å²) in [5, 5.41) is 0. The SMILES string of the molecule is CCCN1CCCC1=O.Cn1c(CCl)nc2ccccc21. The molecule has 0 atom stereocenters. The molecule has 2 aromatic rings. The molecule has 0 radical (unpaired) electrons. The molecule has 0 spiro atoms. The number of imidazole rings is 1. The Morgan fingerprint density at radius 1 is 1.33 bits per heavy atom. The summed E-state index contributed by atoms with van der Waals surface area (Å²) in [6, 6.07) is 8.01. The van der Waals surface area contributed by atoms with Crippen molar-refractivity contribution in [1.82, 2.24) is 14.5 Å². The molecule has 1 fully saturated rings. The molecule has 114 valence electrons. The highest BCUT2D eigenvalue weighted by Gasteiger charge is 2.17. The Morgan fingerprint density at radius 2 is 2.10 bits per heavy atom. The van der Waals surface area contributed by atoms with Crippen molar-refractivity contribution < 1.29 is 4.79 Å². The Labute approximate surface area is 130 Å². The van der Waals surface area contributed by atoms with Crippen LogP contribution in [0.15, 0.2) is 24.3 Å². The van der Waals surface area contributed by atoms with Crippen molar-refractivity contribution in [2.45, 2.75) is 32.1 Å². The molecule has 3 rings (SSSR count). The van der Waals surface area contributed by atoms with E-state index in [4.69, 9.17) is 11.6 Å². The Balaban J connectivity index is 0.000000161. The molecular formula is C16H22ClN3O. The van der Waals surface area contributed by atoms with Gasteiger partial charge in [-0.25, -0.2) is 4.98 Å². The number of carbonyl (C=O) groups excluding carboxylic acids is 1. The first-order chi connectivity index (χ1) is 10.2. The van der Waals surface area contributed by atoms with Crippen molar-refractivity contribution in [2.24, 2.45) is 7.05 Å². The zero-order valence-electron chi connectivity index (χ0n) is 12.7. The molecule has 21 heavy (non-hydrogen) atoms. The standard InChI is InChI=1S/C9H9ClN2.C7H13NO/c1-12-8-5-3-2-4-7(8)11-9(12)6-10;1-2-5-8-6-3-4-7(8)9/h2-5H,6H2,1H3;2-6H2,1H3. The van der Waals surface area contributed by atoms with E-state index in [0.717, 1.165) is 49.2 Å². The molecular weight excluding hydrogens is 286 g/mol. The van der Waals surface area contributed by atoms with Gasteiger partial charge in [-0.15, -0.1) is 11.6 Å². The molecule has 0 saturated carbocycles. The average molecular weight is 308 g/mol. The van der Waals surface area contributed by atoms with Gasteiger partial charge < -0.3 is 9.47 Å². The third-order valence-corrected chi connectivity index (χ3v) is 3.90. The van der Waals surface area contributed by atoms with Gasteiger partial charge in [0.2, 0.25) is 5.91 Å². The van der Waals surface area contributed by atoms with E-state index in [9.17, 15) is 4.79 Å². The van der Waals surface area contributed by atoms with Crippen LogP contribution in [0.5, 0.6) is 0 Å². The number of alkyl halides is 1. The Kier molecular flexibility index (Phi) is 5.62. The van der Waals surface area contributed by atoms with Crippen LogP contribution in [0.3, 0.4) is 0 Å². The van der Waals surface area contributed by atoms with Gasteiger partial charge in [0.25, 0.3) is 0 Å². The van der Waals surface area contributed by atoms with Gasteiger partial charge in [0.15, 0.2) is 0 Å². The smallest absolute Gasteiger partial charge is 0.222 e. The minimum Gasteiger partial charge on any atom is -0.343 e. The predicted molar refractivity (Wildman–Crippen MR) is 86.4 cm³/mol. The van der Waals surface area contributed by atoms with Gasteiger partial charge in [0.05, 0.1) is 16.9 Å². The van der Waals surface area contributed by atoms with Crippen molar-refractivity contribution in [3.63, 3.8) is 0 Å². The topological polar surface area (TPSA) is 38.1 Å². The fraction of sp³-hybridized carbons (Fsp3) is 0.500. The Morgan fingerprint density at radius 3 is 2.67 bits per heavy atom. The number of aromatic nitrogens is 2. The zero-order valence-corrected chi connectivity index (χ0v) is 13.4. The molecule has 1 aromatic carbocycles. The molecule has 1 aliphatic rings. The summed E-state index contributed by atoms with van der Waals surface area (Å²) >= 11 is 5.72. The molecule has 5 heteroatoms. The molecule has 1 aliphatic heterocycles. The summed E-state index contributed by atoms with van der Waals surface area (Å²) in [6.07, 6.45) is 2.94. The fourth-order valence-corrected chi connectivity index (χ4v) is 2.76. The lowest BCUT2D eigenvalue weighted by Crippen LogP contribution is -2.24. The van der Waals surface area contributed by atoms with E-state index in [2.05, 4.69) is 11.9 Å². The number of carbonyl (C=O) groups is 1. The van der Waals surface area contributed by atoms with Gasteiger partial charge in [0, 0.05) is 26.6 Å². The molecule has 0 N–H and O–H groups in total. The normalized spacial score (nSPS) is 14.4. The van der Waals surface area contributed by atoms with Gasteiger partial charge in [-0.2, -0.15) is 0 Å². The average Bonchev–Trinajstić information content (AvgIpc) is 3.05. The molecule has 1 aromatic heterocycles. The van der Waals surface area contributed by atoms with E-state index < -0.39 is 0 Å². The molecule has 1 amide bonds. The highest BCUT2D eigenvalue weighted by Crippen LogP contribution is 2.14. The van der Waals surface area contributed by atoms with Gasteiger partial charge in [-0.3, -0.25) is 4.79 Å². The molecule has 2 heterocycles. The third-order valence-electron chi connectivity index (χ3n) is 3.66. The number of para-hydroxylation sites is 2. The number of hydrogen-bond donors (Lipinski definition) is 0. The highest BCUT2D eigenvalue weighted by molar-refractivity contribution is 6.16. The number of rotatable bonds is 3. The van der Waals surface area contributed by atoms with Crippen LogP contribution in [0.25, 0.3) is 11.0 Å². The first-order valence-corrected chi connectivity index (χ1v) is 7.95. The van der Waals surface area contributed by atoms with Gasteiger partial charge in [0.1, 0.15) is 5.82 Å². The van der Waals surface area contributed by atoms with E-state index >= 15 is 0 Å². The van der Waals surface area contributed by atoms with Crippen molar-refractivity contribution in [3.05, 3.63) is 30.1 Å². The van der Waals surface area contributed by atoms with Crippen molar-refractivity contribution >= 4 is 28.5 Å². The van der Waals surface area contributed by atoms with Crippen LogP contribution in [0.4, 0.5) is 0 Å². The van der Waals surface area contributed by atoms with Crippen LogP contribution >= 0.6 is 11.6 Å². The second-order valence-corrected chi connectivity index (χ2v) is 5.46. The van der Waals surface area contributed by atoms with Crippen LogP contribution < -0.4 is 0 Å². The second kappa shape index (κ2) is 7.46. The van der Waals surface area contributed by atoms with Crippen LogP contribution in [0, 0.1) is 0 Å². The minimum absolute atomic E-state index is 0.344. The lowest BCUT2D eigenvalue weighted by atomic mass is 10.3. The quantitative estimate of drug-likeness (QED) is 0.816. The first kappa shape index (κ1) is 15.8. The zero-order chi connectivity index (χ0) is 15.2. The van der Waals surface area contributed by atoms with Crippen molar-refractivity contribution in [3.8, 4) is 0 Å². The maximum atomic E-state index is 10.9. The largest absolute Gasteiger partial charge is 0.343 e. The fourth-order valence-electron chi connectivity index (χ4n) is 2.53. The van der Waals surface area contributed by atoms with Crippen LogP contribution in [-0.2, 0) is 17.7 Å². The number of hydrogen-bond acceptors (Lipinski definition) is 2. The number of amides is 1. The van der Waals surface area contributed by atoms with E-state index in [1.807, 2.05) is 40.8 Å². The molecule has 0 aliphatic carbocycles. The Hall–Kier alpha value is -1.55. The number of benzene rings is 1. The summed E-state index contributed by atoms with van der Waals surface area (Å²) in [4.78, 5) is 17.2. The monoisotopic (exact) mass is 307 g/mol. The van der Waals surface area contributed by atoms with Gasteiger partial charge in [-0.05, 0) is 25.0 Å². The summed E-state index contributed by atoms with van der Waals surface area (Å²) in [5.74, 6) is 1.72. The van der Waals surface area contributed by atoms with E-state index in [0.29, 0.717) is 11.8 Å². The van der Waals surface area contributed by atoms with Crippen molar-refractivity contribution in [2.75, 3.05) is 13.1 Å². The predicted octanol–water partition coefficient (Wildman–Crippen LogP) is 3.33. The van der Waals surface area contributed by atoms with Crippen LogP contribution in [-0.4, -0.2) is 33.4 Å². The van der Waals surface area contributed by atoms with E-state index in [-0.39, 0.29) is 0 Å². The van der Waals surface area contributed by atoms with Gasteiger partial charge in [-0.1, -0.05) is 19.1 Å².